The lowest BCUT2D eigenvalue weighted by Gasteiger charge is -2.30. The normalized spacial score (nSPS) is 12.5. The molecule has 0 radical (unpaired) electrons. The number of hydrogen-bond acceptors (Lipinski definition) is 8. The van der Waals surface area contributed by atoms with Gasteiger partial charge in [0.15, 0.2) is 17.2 Å². The lowest BCUT2D eigenvalue weighted by atomic mass is 10.0. The smallest absolute Gasteiger partial charge is 0.416 e. The van der Waals surface area contributed by atoms with Crippen LogP contribution in [0.15, 0.2) is 48.8 Å². The Balaban J connectivity index is 2.12. The minimum absolute atomic E-state index is 0.0175. The summed E-state index contributed by atoms with van der Waals surface area (Å²) in [6, 6.07) is 4.01. The molecule has 0 saturated heterocycles. The van der Waals surface area contributed by atoms with Crippen LogP contribution < -0.4 is 9.47 Å². The van der Waals surface area contributed by atoms with Crippen LogP contribution in [0.1, 0.15) is 70.0 Å². The Labute approximate surface area is 262 Å². The highest BCUT2D eigenvalue weighted by atomic mass is 19.4. The van der Waals surface area contributed by atoms with E-state index in [1.807, 2.05) is 18.7 Å². The average molecular weight is 657 g/mol. The minimum Gasteiger partial charge on any atom is -0.493 e. The molecule has 250 valence electrons. The van der Waals surface area contributed by atoms with Gasteiger partial charge < -0.3 is 24.0 Å². The third-order valence-electron chi connectivity index (χ3n) is 7.21. The minimum atomic E-state index is -5.18. The van der Waals surface area contributed by atoms with E-state index in [4.69, 9.17) is 14.2 Å². The van der Waals surface area contributed by atoms with Crippen LogP contribution in [-0.4, -0.2) is 72.1 Å². The summed E-state index contributed by atoms with van der Waals surface area (Å²) < 4.78 is 98.0. The Kier molecular flexibility index (Phi) is 12.0. The number of rotatable bonds is 13. The Hall–Kier alpha value is -4.40. The Morgan fingerprint density at radius 2 is 1.43 bits per heavy atom. The van der Waals surface area contributed by atoms with Gasteiger partial charge in [-0.25, -0.2) is 9.78 Å². The number of esters is 1. The fraction of sp³-hybridized carbons (Fsp3) is 0.419. The first-order valence-electron chi connectivity index (χ1n) is 14.2. The largest absolute Gasteiger partial charge is 0.493 e. The number of aromatic nitrogens is 2. The van der Waals surface area contributed by atoms with E-state index in [0.717, 1.165) is 18.0 Å². The molecule has 1 aromatic heterocycles. The third kappa shape index (κ3) is 8.86. The summed E-state index contributed by atoms with van der Waals surface area (Å²) in [6.07, 6.45) is -7.89. The van der Waals surface area contributed by atoms with E-state index in [1.54, 1.807) is 6.07 Å². The molecule has 0 saturated carbocycles. The molecule has 1 amide bonds. The van der Waals surface area contributed by atoms with E-state index in [0.29, 0.717) is 30.0 Å². The van der Waals surface area contributed by atoms with Crippen LogP contribution in [0.4, 0.5) is 26.3 Å². The van der Waals surface area contributed by atoms with E-state index in [9.17, 15) is 35.9 Å². The summed E-state index contributed by atoms with van der Waals surface area (Å²) in [5.74, 6) is -1.45. The van der Waals surface area contributed by atoms with Gasteiger partial charge in [0, 0.05) is 31.0 Å². The number of likely N-dealkylation sites (N-methyl/N-ethyl adjacent to an activating group) is 1. The van der Waals surface area contributed by atoms with Gasteiger partial charge in [0.25, 0.3) is 5.91 Å². The maximum absolute atomic E-state index is 14.0. The Morgan fingerprint density at radius 1 is 0.848 bits per heavy atom. The van der Waals surface area contributed by atoms with E-state index >= 15 is 0 Å². The first-order chi connectivity index (χ1) is 21.6. The molecule has 0 N–H and O–H groups in total. The van der Waals surface area contributed by atoms with Crippen molar-refractivity contribution >= 4 is 11.9 Å². The van der Waals surface area contributed by atoms with Crippen LogP contribution in [0.2, 0.25) is 0 Å². The van der Waals surface area contributed by atoms with E-state index in [-0.39, 0.29) is 36.4 Å². The molecular formula is C31H34F6N4O5. The number of halogens is 6. The van der Waals surface area contributed by atoms with Crippen molar-refractivity contribution in [1.29, 1.82) is 0 Å². The molecule has 0 fully saturated rings. The number of amides is 1. The molecule has 2 aromatic carbocycles. The summed E-state index contributed by atoms with van der Waals surface area (Å²) in [7, 11) is 2.77. The number of hydrogen-bond donors (Lipinski definition) is 0. The quantitative estimate of drug-likeness (QED) is 0.154. The second kappa shape index (κ2) is 15.3. The molecule has 1 heterocycles. The molecule has 0 bridgehead atoms. The molecule has 3 rings (SSSR count). The maximum Gasteiger partial charge on any atom is 0.416 e. The molecule has 3 aromatic rings. The van der Waals surface area contributed by atoms with Crippen LogP contribution in [0.5, 0.6) is 11.5 Å². The summed E-state index contributed by atoms with van der Waals surface area (Å²) in [6.45, 7) is 6.87. The van der Waals surface area contributed by atoms with Crippen molar-refractivity contribution in [3.8, 4) is 11.5 Å². The van der Waals surface area contributed by atoms with Crippen LogP contribution in [0.3, 0.4) is 0 Å². The molecule has 9 nitrogen and oxygen atoms in total. The van der Waals surface area contributed by atoms with Gasteiger partial charge in [-0.3, -0.25) is 9.78 Å². The zero-order chi connectivity index (χ0) is 34.2. The van der Waals surface area contributed by atoms with Gasteiger partial charge >= 0.3 is 18.3 Å². The lowest BCUT2D eigenvalue weighted by Crippen LogP contribution is -2.35. The number of benzene rings is 2. The van der Waals surface area contributed by atoms with Gasteiger partial charge in [0.2, 0.25) is 0 Å². The van der Waals surface area contributed by atoms with E-state index in [2.05, 4.69) is 9.97 Å². The predicted molar refractivity (Wildman–Crippen MR) is 154 cm³/mol. The van der Waals surface area contributed by atoms with E-state index < -0.39 is 47.0 Å². The molecule has 1 atom stereocenters. The number of nitrogens with zero attached hydrogens (tertiary/aromatic N) is 4. The van der Waals surface area contributed by atoms with E-state index in [1.165, 1.54) is 45.7 Å². The monoisotopic (exact) mass is 656 g/mol. The molecule has 0 aliphatic heterocycles. The fourth-order valence-corrected chi connectivity index (χ4v) is 4.64. The SMILES string of the molecule is CCN(CC)CCOC(=O)c1nccnc1C(C)N(Cc1ccc(OC)c(OC)c1)C(=O)c1cc(C(F)(F)F)cc(C(F)(F)F)c1. The number of carbonyl (C=O) groups is 2. The molecular weight excluding hydrogens is 622 g/mol. The summed E-state index contributed by atoms with van der Waals surface area (Å²) in [5, 5.41) is 0. The van der Waals surface area contributed by atoms with Crippen LogP contribution in [0.25, 0.3) is 0 Å². The number of methoxy groups -OCH3 is 2. The molecule has 0 spiro atoms. The van der Waals surface area contributed by atoms with Crippen molar-refractivity contribution in [3.05, 3.63) is 82.4 Å². The number of alkyl halides is 6. The summed E-state index contributed by atoms with van der Waals surface area (Å²) in [5.41, 5.74) is -4.13. The van der Waals surface area contributed by atoms with Crippen molar-refractivity contribution in [1.82, 2.24) is 19.8 Å². The highest BCUT2D eigenvalue weighted by Gasteiger charge is 2.39. The standard InChI is InChI=1S/C31H34F6N4O5/c1-6-40(7-2)12-13-46-29(43)27-26(38-10-11-39-27)19(3)41(18-20-8-9-24(44-4)25(14-20)45-5)28(42)21-15-22(30(32,33)34)17-23(16-21)31(35,36)37/h8-11,14-17,19H,6-7,12-13,18H2,1-5H3. The Morgan fingerprint density at radius 3 is 1.98 bits per heavy atom. The Bertz CT molecular complexity index is 1480. The second-order valence-corrected chi connectivity index (χ2v) is 10.0. The second-order valence-electron chi connectivity index (χ2n) is 10.0. The molecule has 46 heavy (non-hydrogen) atoms. The van der Waals surface area contributed by atoms with Gasteiger partial charge in [-0.1, -0.05) is 19.9 Å². The first kappa shape index (κ1) is 36.1. The fourth-order valence-electron chi connectivity index (χ4n) is 4.64. The average Bonchev–Trinajstić information content (AvgIpc) is 3.03. The van der Waals surface area contributed by atoms with Crippen LogP contribution >= 0.6 is 0 Å². The lowest BCUT2D eigenvalue weighted by molar-refractivity contribution is -0.143. The zero-order valence-corrected chi connectivity index (χ0v) is 25.8. The van der Waals surface area contributed by atoms with Crippen molar-refractivity contribution in [2.45, 2.75) is 45.7 Å². The van der Waals surface area contributed by atoms with Crippen LogP contribution in [-0.2, 0) is 23.6 Å². The molecule has 1 unspecified atom stereocenters. The van der Waals surface area contributed by atoms with Gasteiger partial charge in [0.05, 0.1) is 37.1 Å². The first-order valence-corrected chi connectivity index (χ1v) is 14.2. The predicted octanol–water partition coefficient (Wildman–Crippen LogP) is 6.43. The summed E-state index contributed by atoms with van der Waals surface area (Å²) in [4.78, 5) is 38.3. The van der Waals surface area contributed by atoms with Crippen molar-refractivity contribution in [3.63, 3.8) is 0 Å². The number of carbonyl (C=O) groups excluding carboxylic acids is 2. The van der Waals surface area contributed by atoms with Crippen molar-refractivity contribution in [2.24, 2.45) is 0 Å². The molecule has 0 aliphatic carbocycles. The zero-order valence-electron chi connectivity index (χ0n) is 25.8. The van der Waals surface area contributed by atoms with Crippen molar-refractivity contribution in [2.75, 3.05) is 40.5 Å². The molecule has 0 aliphatic rings. The maximum atomic E-state index is 14.0. The number of ether oxygens (including phenoxy) is 3. The highest BCUT2D eigenvalue weighted by Crippen LogP contribution is 2.38. The van der Waals surface area contributed by atoms with Crippen molar-refractivity contribution < 1.29 is 50.1 Å². The topological polar surface area (TPSA) is 94.1 Å². The third-order valence-corrected chi connectivity index (χ3v) is 7.21. The van der Waals surface area contributed by atoms with Gasteiger partial charge in [-0.2, -0.15) is 26.3 Å². The van der Waals surface area contributed by atoms with Crippen LogP contribution in [0, 0.1) is 0 Å². The summed E-state index contributed by atoms with van der Waals surface area (Å²) >= 11 is 0. The highest BCUT2D eigenvalue weighted by molar-refractivity contribution is 5.95. The van der Waals surface area contributed by atoms with Gasteiger partial charge in [0.1, 0.15) is 6.61 Å². The van der Waals surface area contributed by atoms with Gasteiger partial charge in [-0.05, 0) is 55.9 Å². The molecule has 15 heteroatoms. The van der Waals surface area contributed by atoms with Gasteiger partial charge in [-0.15, -0.1) is 0 Å².